The topological polar surface area (TPSA) is 56.7 Å². The van der Waals surface area contributed by atoms with Gasteiger partial charge in [-0.3, -0.25) is 0 Å². The maximum Gasteiger partial charge on any atom is 0.164 e. The average molecular weight is 747 g/mol. The first-order valence-corrected chi connectivity index (χ1v) is 19.8. The normalized spacial score (nSPS) is 11.9. The third-order valence-electron chi connectivity index (χ3n) is 11.1. The van der Waals surface area contributed by atoms with Gasteiger partial charge in [-0.25, -0.2) is 15.0 Å². The molecular formula is C51H30N4OS. The van der Waals surface area contributed by atoms with Crippen molar-refractivity contribution in [1.29, 1.82) is 0 Å². The summed E-state index contributed by atoms with van der Waals surface area (Å²) in [6, 6.07) is 63.7. The molecule has 0 bridgehead atoms. The fourth-order valence-corrected chi connectivity index (χ4v) is 9.52. The lowest BCUT2D eigenvalue weighted by atomic mass is 10.0. The summed E-state index contributed by atoms with van der Waals surface area (Å²) < 4.78 is 11.5. The smallest absolute Gasteiger partial charge is 0.164 e. The standard InChI is InChI=1S/C51H30N4OS/c1-3-12-31(13-4-1)32-22-24-33(25-23-32)49-52-50(54-51(53-49)39-18-11-21-47-48(39)38-17-8-10-20-46(38)57-47)34-26-27-37-41-29-43-40(30-45(41)56-44(37)28-34)36-16-7-9-19-42(36)55(43)35-14-5-2-6-15-35/h1-30H. The van der Waals surface area contributed by atoms with E-state index in [-0.39, 0.29) is 0 Å². The quantitative estimate of drug-likeness (QED) is 0.176. The van der Waals surface area contributed by atoms with E-state index in [4.69, 9.17) is 19.4 Å². The maximum absolute atomic E-state index is 6.69. The van der Waals surface area contributed by atoms with Crippen LogP contribution in [0.2, 0.25) is 0 Å². The van der Waals surface area contributed by atoms with E-state index in [1.807, 2.05) is 6.07 Å². The highest BCUT2D eigenvalue weighted by Gasteiger charge is 2.20. The van der Waals surface area contributed by atoms with Gasteiger partial charge in [0.1, 0.15) is 11.2 Å². The van der Waals surface area contributed by atoms with Crippen LogP contribution in [-0.4, -0.2) is 19.5 Å². The number of thiophene rings is 1. The highest BCUT2D eigenvalue weighted by atomic mass is 32.1. The molecule has 266 valence electrons. The number of hydrogen-bond donors (Lipinski definition) is 0. The highest BCUT2D eigenvalue weighted by Crippen LogP contribution is 2.41. The molecule has 5 nitrogen and oxygen atoms in total. The molecule has 6 heteroatoms. The molecule has 8 aromatic carbocycles. The van der Waals surface area contributed by atoms with Crippen LogP contribution in [0.25, 0.3) is 115 Å². The summed E-state index contributed by atoms with van der Waals surface area (Å²) in [6.45, 7) is 0. The number of nitrogens with zero attached hydrogens (tertiary/aromatic N) is 4. The van der Waals surface area contributed by atoms with E-state index in [9.17, 15) is 0 Å². The summed E-state index contributed by atoms with van der Waals surface area (Å²) >= 11 is 1.79. The Morgan fingerprint density at radius 2 is 1.02 bits per heavy atom. The molecule has 4 aromatic heterocycles. The zero-order valence-electron chi connectivity index (χ0n) is 30.4. The Kier molecular flexibility index (Phi) is 7.03. The van der Waals surface area contributed by atoms with E-state index >= 15 is 0 Å². The molecule has 0 saturated heterocycles. The van der Waals surface area contributed by atoms with Crippen LogP contribution in [0.3, 0.4) is 0 Å². The summed E-state index contributed by atoms with van der Waals surface area (Å²) in [4.78, 5) is 15.5. The van der Waals surface area contributed by atoms with Crippen molar-refractivity contribution in [3.63, 3.8) is 0 Å². The Hall–Kier alpha value is -7.41. The van der Waals surface area contributed by atoms with E-state index in [2.05, 4.69) is 180 Å². The van der Waals surface area contributed by atoms with Crippen LogP contribution < -0.4 is 0 Å². The van der Waals surface area contributed by atoms with E-state index in [0.29, 0.717) is 17.5 Å². The number of para-hydroxylation sites is 2. The minimum absolute atomic E-state index is 0.590. The maximum atomic E-state index is 6.69. The van der Waals surface area contributed by atoms with Gasteiger partial charge < -0.3 is 8.98 Å². The zero-order chi connectivity index (χ0) is 37.5. The summed E-state index contributed by atoms with van der Waals surface area (Å²) in [5.74, 6) is 1.84. The van der Waals surface area contributed by atoms with Crippen LogP contribution >= 0.6 is 11.3 Å². The molecule has 0 radical (unpaired) electrons. The predicted octanol–water partition coefficient (Wildman–Crippen LogP) is 13.9. The first-order chi connectivity index (χ1) is 28.2. The van der Waals surface area contributed by atoms with Crippen LogP contribution in [0.4, 0.5) is 0 Å². The molecule has 0 aliphatic carbocycles. The molecule has 4 heterocycles. The van der Waals surface area contributed by atoms with Gasteiger partial charge in [0, 0.05) is 64.1 Å². The van der Waals surface area contributed by atoms with Crippen LogP contribution in [-0.2, 0) is 0 Å². The van der Waals surface area contributed by atoms with Gasteiger partial charge in [0.05, 0.1) is 11.0 Å². The number of hydrogen-bond acceptors (Lipinski definition) is 5. The molecule has 12 aromatic rings. The molecule has 57 heavy (non-hydrogen) atoms. The first kappa shape index (κ1) is 31.9. The molecule has 0 N–H and O–H groups in total. The molecule has 0 aliphatic heterocycles. The average Bonchev–Trinajstić information content (AvgIpc) is 3.95. The van der Waals surface area contributed by atoms with E-state index in [0.717, 1.165) is 66.2 Å². The number of benzene rings is 8. The second kappa shape index (κ2) is 12.6. The van der Waals surface area contributed by atoms with Gasteiger partial charge in [-0.15, -0.1) is 11.3 Å². The lowest BCUT2D eigenvalue weighted by Gasteiger charge is -2.10. The van der Waals surface area contributed by atoms with Crippen molar-refractivity contribution >= 4 is 75.3 Å². The largest absolute Gasteiger partial charge is 0.456 e. The molecule has 0 aliphatic rings. The monoisotopic (exact) mass is 746 g/mol. The molecule has 0 atom stereocenters. The third kappa shape index (κ3) is 5.12. The Morgan fingerprint density at radius 1 is 0.386 bits per heavy atom. The Bertz CT molecular complexity index is 3510. The number of rotatable bonds is 5. The van der Waals surface area contributed by atoms with Crippen LogP contribution in [0.5, 0.6) is 0 Å². The van der Waals surface area contributed by atoms with Gasteiger partial charge in [-0.1, -0.05) is 127 Å². The summed E-state index contributed by atoms with van der Waals surface area (Å²) in [5.41, 5.74) is 10.1. The Morgan fingerprint density at radius 3 is 1.86 bits per heavy atom. The van der Waals surface area contributed by atoms with Crippen molar-refractivity contribution < 1.29 is 4.42 Å². The SMILES string of the molecule is c1ccc(-c2ccc(-c3nc(-c4ccc5c(c4)oc4cc6c7ccccc7n(-c7ccccc7)c6cc45)nc(-c4cccc5sc6ccccc6c45)n3)cc2)cc1. The van der Waals surface area contributed by atoms with Crippen LogP contribution in [0.15, 0.2) is 186 Å². The van der Waals surface area contributed by atoms with E-state index in [1.165, 1.54) is 31.3 Å². The predicted molar refractivity (Wildman–Crippen MR) is 236 cm³/mol. The lowest BCUT2D eigenvalue weighted by molar-refractivity contribution is 0.669. The van der Waals surface area contributed by atoms with Crippen molar-refractivity contribution in [2.45, 2.75) is 0 Å². The van der Waals surface area contributed by atoms with Crippen LogP contribution in [0, 0.1) is 0 Å². The van der Waals surface area contributed by atoms with Crippen molar-refractivity contribution in [3.05, 3.63) is 182 Å². The third-order valence-corrected chi connectivity index (χ3v) is 12.2. The molecule has 0 unspecified atom stereocenters. The van der Waals surface area contributed by atoms with Gasteiger partial charge in [-0.2, -0.15) is 0 Å². The van der Waals surface area contributed by atoms with Gasteiger partial charge in [0.25, 0.3) is 0 Å². The number of fused-ring (bicyclic) bond motifs is 9. The molecular weight excluding hydrogens is 717 g/mol. The Labute approximate surface area is 330 Å². The van der Waals surface area contributed by atoms with Gasteiger partial charge in [-0.05, 0) is 65.7 Å². The first-order valence-electron chi connectivity index (χ1n) is 19.0. The Balaban J connectivity index is 1.04. The minimum atomic E-state index is 0.590. The molecule has 12 rings (SSSR count). The zero-order valence-corrected chi connectivity index (χ0v) is 31.2. The van der Waals surface area contributed by atoms with Crippen LogP contribution in [0.1, 0.15) is 0 Å². The summed E-state index contributed by atoms with van der Waals surface area (Å²) in [6.07, 6.45) is 0. The molecule has 0 amide bonds. The molecule has 0 spiro atoms. The van der Waals surface area contributed by atoms with Crippen molar-refractivity contribution in [2.24, 2.45) is 0 Å². The lowest BCUT2D eigenvalue weighted by Crippen LogP contribution is -2.00. The fraction of sp³-hybridized carbons (Fsp3) is 0. The molecule has 0 fully saturated rings. The highest BCUT2D eigenvalue weighted by molar-refractivity contribution is 7.25. The van der Waals surface area contributed by atoms with E-state index in [1.54, 1.807) is 11.3 Å². The summed E-state index contributed by atoms with van der Waals surface area (Å²) in [7, 11) is 0. The molecule has 0 saturated carbocycles. The second-order valence-corrected chi connectivity index (χ2v) is 15.5. The van der Waals surface area contributed by atoms with Gasteiger partial charge in [0.15, 0.2) is 17.5 Å². The minimum Gasteiger partial charge on any atom is -0.456 e. The summed E-state index contributed by atoms with van der Waals surface area (Å²) in [5, 5.41) is 6.81. The van der Waals surface area contributed by atoms with Gasteiger partial charge in [0.2, 0.25) is 0 Å². The van der Waals surface area contributed by atoms with Crippen molar-refractivity contribution in [1.82, 2.24) is 19.5 Å². The number of aromatic nitrogens is 4. The fourth-order valence-electron chi connectivity index (χ4n) is 8.39. The van der Waals surface area contributed by atoms with Crippen molar-refractivity contribution in [2.75, 3.05) is 0 Å². The number of furan rings is 1. The van der Waals surface area contributed by atoms with E-state index < -0.39 is 0 Å². The van der Waals surface area contributed by atoms with Gasteiger partial charge >= 0.3 is 0 Å². The second-order valence-electron chi connectivity index (χ2n) is 14.4. The van der Waals surface area contributed by atoms with Crippen molar-refractivity contribution in [3.8, 4) is 51.0 Å².